The van der Waals surface area contributed by atoms with Gasteiger partial charge in [-0.2, -0.15) is 10.2 Å². The number of amides is 2. The van der Waals surface area contributed by atoms with Crippen molar-refractivity contribution in [2.75, 3.05) is 13.2 Å². The molecule has 0 aliphatic heterocycles. The van der Waals surface area contributed by atoms with E-state index in [9.17, 15) is 9.59 Å². The van der Waals surface area contributed by atoms with Crippen LogP contribution in [0, 0.1) is 0 Å². The van der Waals surface area contributed by atoms with E-state index in [0.29, 0.717) is 37.6 Å². The Kier molecular flexibility index (Phi) is 14.2. The summed E-state index contributed by atoms with van der Waals surface area (Å²) in [7, 11) is 0. The van der Waals surface area contributed by atoms with Gasteiger partial charge in [0.05, 0.1) is 12.4 Å². The molecule has 196 valence electrons. The van der Waals surface area contributed by atoms with Gasteiger partial charge in [-0.25, -0.2) is 10.9 Å². The molecule has 0 aliphatic rings. The fourth-order valence-electron chi connectivity index (χ4n) is 3.30. The fraction of sp³-hybridized carbons (Fsp3) is 0.310. The lowest BCUT2D eigenvalue weighted by molar-refractivity contribution is -0.121. The highest BCUT2D eigenvalue weighted by Gasteiger charge is 2.04. The molecule has 2 rings (SSSR count). The number of hydrogen-bond donors (Lipinski definition) is 2. The molecule has 2 aromatic rings. The second-order valence-corrected chi connectivity index (χ2v) is 8.13. The summed E-state index contributed by atoms with van der Waals surface area (Å²) in [4.78, 5) is 24.0. The number of nitrogens with zero attached hydrogens (tertiary/aromatic N) is 2. The second kappa shape index (κ2) is 18.1. The molecule has 0 radical (unpaired) electrons. The van der Waals surface area contributed by atoms with Gasteiger partial charge in [0.25, 0.3) is 0 Å². The zero-order valence-electron chi connectivity index (χ0n) is 21.2. The van der Waals surface area contributed by atoms with Gasteiger partial charge in [-0.3, -0.25) is 9.59 Å². The summed E-state index contributed by atoms with van der Waals surface area (Å²) in [5, 5.41) is 8.04. The minimum Gasteiger partial charge on any atom is -0.489 e. The molecule has 0 spiro atoms. The quantitative estimate of drug-likeness (QED) is 0.127. The van der Waals surface area contributed by atoms with E-state index in [1.165, 1.54) is 0 Å². The average molecular weight is 505 g/mol. The number of benzene rings is 2. The van der Waals surface area contributed by atoms with Crippen LogP contribution in [-0.2, 0) is 9.59 Å². The van der Waals surface area contributed by atoms with Gasteiger partial charge in [0.1, 0.15) is 24.7 Å². The molecule has 0 saturated carbocycles. The van der Waals surface area contributed by atoms with E-state index in [4.69, 9.17) is 9.47 Å². The Hall–Kier alpha value is -4.20. The molecule has 0 aliphatic carbocycles. The van der Waals surface area contributed by atoms with Crippen molar-refractivity contribution in [1.29, 1.82) is 0 Å². The third-order valence-corrected chi connectivity index (χ3v) is 5.14. The average Bonchev–Trinajstić information content (AvgIpc) is 2.91. The van der Waals surface area contributed by atoms with Crippen LogP contribution in [0.15, 0.2) is 84.0 Å². The minimum atomic E-state index is -0.130. The van der Waals surface area contributed by atoms with Gasteiger partial charge < -0.3 is 9.47 Å². The summed E-state index contributed by atoms with van der Waals surface area (Å²) in [6.07, 6.45) is 11.6. The summed E-state index contributed by atoms with van der Waals surface area (Å²) < 4.78 is 11.1. The van der Waals surface area contributed by atoms with Gasteiger partial charge in [0.2, 0.25) is 11.8 Å². The molecule has 0 fully saturated rings. The molecular weight excluding hydrogens is 468 g/mol. The number of ether oxygens (including phenoxy) is 2. The minimum absolute atomic E-state index is 0.130. The molecule has 2 amide bonds. The number of rotatable bonds is 18. The smallest absolute Gasteiger partial charge is 0.240 e. The van der Waals surface area contributed by atoms with Gasteiger partial charge in [-0.1, -0.05) is 68.8 Å². The summed E-state index contributed by atoms with van der Waals surface area (Å²) >= 11 is 0. The highest BCUT2D eigenvalue weighted by molar-refractivity contribution is 5.86. The zero-order valence-corrected chi connectivity index (χ0v) is 21.2. The van der Waals surface area contributed by atoms with Crippen LogP contribution in [0.1, 0.15) is 56.1 Å². The van der Waals surface area contributed by atoms with Crippen molar-refractivity contribution in [1.82, 2.24) is 10.9 Å². The highest BCUT2D eigenvalue weighted by atomic mass is 16.5. The lowest BCUT2D eigenvalue weighted by Gasteiger charge is -2.06. The van der Waals surface area contributed by atoms with E-state index in [0.717, 1.165) is 43.2 Å². The molecule has 8 heteroatoms. The summed E-state index contributed by atoms with van der Waals surface area (Å²) in [6, 6.07) is 14.9. The van der Waals surface area contributed by atoms with E-state index in [2.05, 4.69) is 34.2 Å². The van der Waals surface area contributed by atoms with Crippen LogP contribution >= 0.6 is 0 Å². The van der Waals surface area contributed by atoms with Crippen molar-refractivity contribution >= 4 is 24.2 Å². The van der Waals surface area contributed by atoms with E-state index in [1.807, 2.05) is 48.5 Å². The molecule has 0 aromatic heterocycles. The first-order valence-electron chi connectivity index (χ1n) is 12.4. The lowest BCUT2D eigenvalue weighted by atomic mass is 10.1. The summed E-state index contributed by atoms with van der Waals surface area (Å²) in [5.74, 6) is 1.10. The van der Waals surface area contributed by atoms with Gasteiger partial charge >= 0.3 is 0 Å². The molecule has 2 aromatic carbocycles. The maximum absolute atomic E-state index is 12.0. The molecule has 0 atom stereocenters. The Morgan fingerprint density at radius 2 is 1.08 bits per heavy atom. The predicted molar refractivity (Wildman–Crippen MR) is 148 cm³/mol. The number of carbonyl (C=O) groups is 2. The van der Waals surface area contributed by atoms with Gasteiger partial charge in [-0.15, -0.1) is 0 Å². The molecule has 8 nitrogen and oxygen atoms in total. The van der Waals surface area contributed by atoms with Crippen molar-refractivity contribution in [2.45, 2.75) is 44.9 Å². The van der Waals surface area contributed by atoms with Crippen LogP contribution in [-0.4, -0.2) is 37.5 Å². The third-order valence-electron chi connectivity index (χ3n) is 5.14. The zero-order chi connectivity index (χ0) is 26.6. The first kappa shape index (κ1) is 29.0. The van der Waals surface area contributed by atoms with Crippen LogP contribution in [0.5, 0.6) is 11.5 Å². The summed E-state index contributed by atoms with van der Waals surface area (Å²) in [5.41, 5.74) is 6.66. The number of nitrogens with one attached hydrogen (secondary N) is 2. The summed E-state index contributed by atoms with van der Waals surface area (Å²) in [6.45, 7) is 8.07. The fourth-order valence-corrected chi connectivity index (χ4v) is 3.30. The van der Waals surface area contributed by atoms with E-state index in [-0.39, 0.29) is 11.8 Å². The SMILES string of the molecule is C=CCOc1ccccc1/C=N\NC(=O)CCCCCCCC(=O)N/N=C\c1ccccc1OCC=C. The first-order chi connectivity index (χ1) is 18.1. The van der Waals surface area contributed by atoms with Crippen LogP contribution < -0.4 is 20.3 Å². The van der Waals surface area contributed by atoms with Crippen molar-refractivity contribution in [3.8, 4) is 11.5 Å². The van der Waals surface area contributed by atoms with Crippen molar-refractivity contribution in [3.05, 3.63) is 85.0 Å². The maximum Gasteiger partial charge on any atom is 0.240 e. The first-order valence-corrected chi connectivity index (χ1v) is 12.4. The number of hydrogen-bond acceptors (Lipinski definition) is 6. The Bertz CT molecular complexity index is 982. The van der Waals surface area contributed by atoms with Crippen molar-refractivity contribution in [3.63, 3.8) is 0 Å². The van der Waals surface area contributed by atoms with Crippen LogP contribution in [0.25, 0.3) is 0 Å². The molecule has 0 saturated heterocycles. The van der Waals surface area contributed by atoms with Crippen molar-refractivity contribution in [2.24, 2.45) is 10.2 Å². The maximum atomic E-state index is 12.0. The molecule has 2 N–H and O–H groups in total. The van der Waals surface area contributed by atoms with Gasteiger partial charge in [0, 0.05) is 24.0 Å². The Balaban J connectivity index is 1.55. The number of hydrazone groups is 2. The largest absolute Gasteiger partial charge is 0.489 e. The number of carbonyl (C=O) groups excluding carboxylic acids is 2. The van der Waals surface area contributed by atoms with E-state index < -0.39 is 0 Å². The molecule has 37 heavy (non-hydrogen) atoms. The van der Waals surface area contributed by atoms with E-state index >= 15 is 0 Å². The van der Waals surface area contributed by atoms with Crippen LogP contribution in [0.2, 0.25) is 0 Å². The topological polar surface area (TPSA) is 101 Å². The van der Waals surface area contributed by atoms with E-state index in [1.54, 1.807) is 24.6 Å². The molecule has 0 heterocycles. The Labute approximate surface area is 219 Å². The Morgan fingerprint density at radius 3 is 1.51 bits per heavy atom. The number of para-hydroxylation sites is 2. The molecule has 0 unspecified atom stereocenters. The third kappa shape index (κ3) is 12.4. The van der Waals surface area contributed by atoms with Crippen LogP contribution in [0.4, 0.5) is 0 Å². The van der Waals surface area contributed by atoms with Crippen molar-refractivity contribution < 1.29 is 19.1 Å². The standard InChI is InChI=1S/C29H36N4O4/c1-3-20-36-26-16-12-10-14-24(26)22-30-32-28(34)18-8-6-5-7-9-19-29(35)33-31-23-25-15-11-13-17-27(25)37-21-4-2/h3-4,10-17,22-23H,1-2,5-9,18-21H2,(H,32,34)(H,33,35)/b30-22-,31-23-. The Morgan fingerprint density at radius 1 is 0.676 bits per heavy atom. The lowest BCUT2D eigenvalue weighted by Crippen LogP contribution is -2.17. The second-order valence-electron chi connectivity index (χ2n) is 8.13. The highest BCUT2D eigenvalue weighted by Crippen LogP contribution is 2.16. The number of unbranched alkanes of at least 4 members (excludes halogenated alkanes) is 4. The van der Waals surface area contributed by atoms with Gasteiger partial charge in [-0.05, 0) is 37.1 Å². The molecular formula is C29H36N4O4. The molecule has 0 bridgehead atoms. The predicted octanol–water partition coefficient (Wildman–Crippen LogP) is 5.15. The van der Waals surface area contributed by atoms with Crippen LogP contribution in [0.3, 0.4) is 0 Å². The normalized spacial score (nSPS) is 10.8. The van der Waals surface area contributed by atoms with Gasteiger partial charge in [0.15, 0.2) is 0 Å². The monoisotopic (exact) mass is 504 g/mol.